The van der Waals surface area contributed by atoms with Crippen molar-refractivity contribution in [2.24, 2.45) is 0 Å². The van der Waals surface area contributed by atoms with Gasteiger partial charge in [0.1, 0.15) is 17.6 Å². The summed E-state index contributed by atoms with van der Waals surface area (Å²) < 4.78 is 6.53. The van der Waals surface area contributed by atoms with Crippen molar-refractivity contribution in [3.63, 3.8) is 0 Å². The van der Waals surface area contributed by atoms with E-state index in [4.69, 9.17) is 4.74 Å². The van der Waals surface area contributed by atoms with Gasteiger partial charge in [-0.3, -0.25) is 0 Å². The number of para-hydroxylation sites is 1. The maximum atomic E-state index is 11.3. The van der Waals surface area contributed by atoms with Gasteiger partial charge in [-0.15, -0.1) is 0 Å². The summed E-state index contributed by atoms with van der Waals surface area (Å²) in [5, 5.41) is 10.00. The van der Waals surface area contributed by atoms with E-state index in [-0.39, 0.29) is 11.3 Å². The minimum absolute atomic E-state index is 0.101. The first-order valence-electron chi connectivity index (χ1n) is 6.05. The molecule has 1 heterocycles. The predicted octanol–water partition coefficient (Wildman–Crippen LogP) is 3.72. The minimum Gasteiger partial charge on any atom is -0.478 e. The molecule has 0 saturated carbocycles. The third kappa shape index (κ3) is 2.80. The zero-order valence-electron chi connectivity index (χ0n) is 10.7. The van der Waals surface area contributed by atoms with Gasteiger partial charge in [0.2, 0.25) is 5.88 Å². The Labute approximate surface area is 133 Å². The maximum Gasteiger partial charge on any atom is 0.339 e. The van der Waals surface area contributed by atoms with Crippen LogP contribution in [-0.2, 0) is 0 Å². The number of nitrogens with zero attached hydrogens (tertiary/aromatic N) is 2. The zero-order valence-corrected chi connectivity index (χ0v) is 12.8. The number of rotatable bonds is 3. The first-order chi connectivity index (χ1) is 10.1. The van der Waals surface area contributed by atoms with Crippen molar-refractivity contribution < 1.29 is 14.6 Å². The summed E-state index contributed by atoms with van der Waals surface area (Å²) in [5.41, 5.74) is 0.842. The number of aromatic nitrogens is 2. The van der Waals surface area contributed by atoms with Gasteiger partial charge in [0.25, 0.3) is 0 Å². The van der Waals surface area contributed by atoms with Gasteiger partial charge in [0, 0.05) is 3.57 Å². The van der Waals surface area contributed by atoms with Crippen LogP contribution in [0.1, 0.15) is 10.4 Å². The Balaban J connectivity index is 2.09. The normalized spacial score (nSPS) is 10.5. The fraction of sp³-hybridized carbons (Fsp3) is 0. The topological polar surface area (TPSA) is 72.3 Å². The molecule has 0 spiro atoms. The Bertz CT molecular complexity index is 831. The average molecular weight is 392 g/mol. The third-order valence-electron chi connectivity index (χ3n) is 2.88. The molecule has 1 aromatic heterocycles. The summed E-state index contributed by atoms with van der Waals surface area (Å²) in [4.78, 5) is 19.6. The molecule has 1 N–H and O–H groups in total. The Hall–Kier alpha value is -2.22. The zero-order chi connectivity index (χ0) is 14.8. The molecule has 104 valence electrons. The highest BCUT2D eigenvalue weighted by molar-refractivity contribution is 14.1. The average Bonchev–Trinajstić information content (AvgIpc) is 2.49. The van der Waals surface area contributed by atoms with Gasteiger partial charge < -0.3 is 9.84 Å². The molecule has 6 heteroatoms. The monoisotopic (exact) mass is 392 g/mol. The molecule has 0 bridgehead atoms. The molecule has 0 aliphatic carbocycles. The molecule has 0 unspecified atom stereocenters. The first-order valence-corrected chi connectivity index (χ1v) is 7.13. The van der Waals surface area contributed by atoms with Gasteiger partial charge in [0.15, 0.2) is 0 Å². The van der Waals surface area contributed by atoms with Gasteiger partial charge in [0.05, 0.1) is 10.9 Å². The number of aromatic carboxylic acids is 1. The molecule has 21 heavy (non-hydrogen) atoms. The van der Waals surface area contributed by atoms with Crippen molar-refractivity contribution in [1.29, 1.82) is 0 Å². The molecule has 0 atom stereocenters. The lowest BCUT2D eigenvalue weighted by molar-refractivity contribution is 0.0694. The maximum absolute atomic E-state index is 11.3. The fourth-order valence-electron chi connectivity index (χ4n) is 1.92. The van der Waals surface area contributed by atoms with Gasteiger partial charge in [-0.2, -0.15) is 0 Å². The molecule has 2 aromatic carbocycles. The van der Waals surface area contributed by atoms with Gasteiger partial charge in [-0.05, 0) is 52.9 Å². The molecule has 0 fully saturated rings. The van der Waals surface area contributed by atoms with Crippen LogP contribution in [0.5, 0.6) is 11.6 Å². The number of carboxylic acid groups (broad SMARTS) is 1. The molecular weight excluding hydrogens is 383 g/mol. The number of halogens is 1. The van der Waals surface area contributed by atoms with Crippen LogP contribution in [-0.4, -0.2) is 21.0 Å². The molecule has 0 aliphatic rings. The van der Waals surface area contributed by atoms with E-state index in [2.05, 4.69) is 32.6 Å². The number of carboxylic acids is 1. The Morgan fingerprint density at radius 2 is 1.95 bits per heavy atom. The summed E-state index contributed by atoms with van der Waals surface area (Å²) in [7, 11) is 0. The first kappa shape index (κ1) is 13.7. The summed E-state index contributed by atoms with van der Waals surface area (Å²) in [6.07, 6.45) is 1.39. The molecule has 3 rings (SSSR count). The second kappa shape index (κ2) is 5.65. The van der Waals surface area contributed by atoms with Crippen LogP contribution in [0.2, 0.25) is 0 Å². The van der Waals surface area contributed by atoms with Crippen LogP contribution < -0.4 is 4.74 Å². The van der Waals surface area contributed by atoms with Gasteiger partial charge in [-0.1, -0.05) is 12.1 Å². The number of ether oxygens (including phenoxy) is 1. The number of hydrogen-bond acceptors (Lipinski definition) is 4. The third-order valence-corrected chi connectivity index (χ3v) is 3.56. The molecule has 0 aliphatic heterocycles. The molecular formula is C15H9IN2O3. The van der Waals surface area contributed by atoms with Crippen molar-refractivity contribution in [2.75, 3.05) is 0 Å². The quantitative estimate of drug-likeness (QED) is 0.688. The summed E-state index contributed by atoms with van der Waals surface area (Å²) in [5.74, 6) is -0.446. The van der Waals surface area contributed by atoms with Crippen molar-refractivity contribution in [3.05, 3.63) is 57.9 Å². The minimum atomic E-state index is -1.04. The summed E-state index contributed by atoms with van der Waals surface area (Å²) in [6, 6.07) is 12.4. The number of fused-ring (bicyclic) bond motifs is 1. The van der Waals surface area contributed by atoms with E-state index in [0.717, 1.165) is 14.5 Å². The molecule has 0 amide bonds. The van der Waals surface area contributed by atoms with E-state index in [1.807, 2.05) is 24.3 Å². The second-order valence-corrected chi connectivity index (χ2v) is 5.49. The van der Waals surface area contributed by atoms with Gasteiger partial charge in [-0.25, -0.2) is 14.8 Å². The number of benzene rings is 2. The number of hydrogen-bond donors (Lipinski definition) is 1. The molecule has 0 radical (unpaired) electrons. The van der Waals surface area contributed by atoms with Crippen molar-refractivity contribution in [3.8, 4) is 11.6 Å². The van der Waals surface area contributed by atoms with E-state index in [1.165, 1.54) is 6.33 Å². The highest BCUT2D eigenvalue weighted by Crippen LogP contribution is 2.29. The van der Waals surface area contributed by atoms with Crippen LogP contribution in [0.25, 0.3) is 10.9 Å². The van der Waals surface area contributed by atoms with Crippen molar-refractivity contribution in [2.45, 2.75) is 0 Å². The lowest BCUT2D eigenvalue weighted by atomic mass is 10.2. The largest absolute Gasteiger partial charge is 0.478 e. The van der Waals surface area contributed by atoms with Crippen LogP contribution in [0.3, 0.4) is 0 Å². The standard InChI is InChI=1S/C15H9IN2O3/c16-9-5-6-13(11(7-9)15(19)20)21-14-10-3-1-2-4-12(10)17-8-18-14/h1-8H,(H,19,20). The Morgan fingerprint density at radius 3 is 2.76 bits per heavy atom. The van der Waals surface area contributed by atoms with Gasteiger partial charge >= 0.3 is 5.97 Å². The molecule has 5 nitrogen and oxygen atoms in total. The van der Waals surface area contributed by atoms with E-state index >= 15 is 0 Å². The fourth-order valence-corrected chi connectivity index (χ4v) is 2.42. The van der Waals surface area contributed by atoms with Crippen molar-refractivity contribution in [1.82, 2.24) is 9.97 Å². The van der Waals surface area contributed by atoms with E-state index in [0.29, 0.717) is 5.88 Å². The SMILES string of the molecule is O=C(O)c1cc(I)ccc1Oc1ncnc2ccccc12. The number of carbonyl (C=O) groups is 1. The smallest absolute Gasteiger partial charge is 0.339 e. The predicted molar refractivity (Wildman–Crippen MR) is 85.7 cm³/mol. The van der Waals surface area contributed by atoms with Crippen LogP contribution in [0, 0.1) is 3.57 Å². The molecule has 3 aromatic rings. The highest BCUT2D eigenvalue weighted by atomic mass is 127. The van der Waals surface area contributed by atoms with E-state index < -0.39 is 5.97 Å². The Morgan fingerprint density at radius 1 is 1.14 bits per heavy atom. The van der Waals surface area contributed by atoms with E-state index in [9.17, 15) is 9.90 Å². The van der Waals surface area contributed by atoms with E-state index in [1.54, 1.807) is 18.2 Å². The van der Waals surface area contributed by atoms with Crippen molar-refractivity contribution >= 4 is 39.5 Å². The van der Waals surface area contributed by atoms with Crippen LogP contribution in [0.4, 0.5) is 0 Å². The van der Waals surface area contributed by atoms with Crippen LogP contribution >= 0.6 is 22.6 Å². The molecule has 0 saturated heterocycles. The Kier molecular flexibility index (Phi) is 3.70. The highest BCUT2D eigenvalue weighted by Gasteiger charge is 2.14. The summed E-state index contributed by atoms with van der Waals surface area (Å²) >= 11 is 2.06. The summed E-state index contributed by atoms with van der Waals surface area (Å²) in [6.45, 7) is 0. The second-order valence-electron chi connectivity index (χ2n) is 4.24. The van der Waals surface area contributed by atoms with Crippen LogP contribution in [0.15, 0.2) is 48.8 Å². The lowest BCUT2D eigenvalue weighted by Gasteiger charge is -2.09. The lowest BCUT2D eigenvalue weighted by Crippen LogP contribution is -2.01.